The van der Waals surface area contributed by atoms with Crippen molar-refractivity contribution in [3.05, 3.63) is 0 Å². The monoisotopic (exact) mass is 200 g/mol. The number of hydrogen-bond acceptors (Lipinski definition) is 3. The van der Waals surface area contributed by atoms with E-state index < -0.39 is 0 Å². The molecule has 0 bridgehead atoms. The summed E-state index contributed by atoms with van der Waals surface area (Å²) in [5.74, 6) is 0. The highest BCUT2D eigenvalue weighted by molar-refractivity contribution is 4.77. The van der Waals surface area contributed by atoms with Crippen LogP contribution in [0.3, 0.4) is 0 Å². The highest BCUT2D eigenvalue weighted by atomic mass is 16.3. The van der Waals surface area contributed by atoms with Gasteiger partial charge in [-0.2, -0.15) is 0 Å². The van der Waals surface area contributed by atoms with Crippen molar-refractivity contribution < 1.29 is 5.11 Å². The molecule has 0 aromatic heterocycles. The summed E-state index contributed by atoms with van der Waals surface area (Å²) in [6.45, 7) is 7.23. The Morgan fingerprint density at radius 1 is 1.36 bits per heavy atom. The first-order valence-corrected chi connectivity index (χ1v) is 5.81. The summed E-state index contributed by atoms with van der Waals surface area (Å²) in [5.41, 5.74) is 0. The molecule has 1 N–H and O–H groups in total. The van der Waals surface area contributed by atoms with Gasteiger partial charge < -0.3 is 10.0 Å². The Hall–Kier alpha value is -0.120. The molecule has 1 saturated heterocycles. The Morgan fingerprint density at radius 2 is 2.14 bits per heavy atom. The Bertz CT molecular complexity index is 150. The molecule has 0 aliphatic carbocycles. The molecule has 1 fully saturated rings. The van der Waals surface area contributed by atoms with Gasteiger partial charge in [-0.1, -0.05) is 6.92 Å². The molecule has 0 aromatic rings. The molecule has 1 unspecified atom stereocenters. The third kappa shape index (κ3) is 3.56. The second-order valence-electron chi connectivity index (χ2n) is 4.29. The van der Waals surface area contributed by atoms with Crippen LogP contribution in [-0.4, -0.2) is 60.8 Å². The van der Waals surface area contributed by atoms with E-state index in [-0.39, 0.29) is 0 Å². The molecule has 3 nitrogen and oxygen atoms in total. The molecule has 0 amide bonds. The van der Waals surface area contributed by atoms with E-state index in [1.165, 1.54) is 32.5 Å². The quantitative estimate of drug-likeness (QED) is 0.726. The average molecular weight is 200 g/mol. The maximum absolute atomic E-state index is 8.84. The van der Waals surface area contributed by atoms with Crippen LogP contribution in [0.2, 0.25) is 0 Å². The molecular weight excluding hydrogens is 176 g/mol. The zero-order chi connectivity index (χ0) is 10.4. The molecule has 1 aliphatic rings. The second kappa shape index (κ2) is 6.38. The smallest absolute Gasteiger partial charge is 0.0443 e. The summed E-state index contributed by atoms with van der Waals surface area (Å²) in [7, 11) is 2.21. The average Bonchev–Trinajstić information content (AvgIpc) is 2.36. The van der Waals surface area contributed by atoms with Gasteiger partial charge in [0.15, 0.2) is 0 Å². The van der Waals surface area contributed by atoms with E-state index in [2.05, 4.69) is 23.8 Å². The van der Waals surface area contributed by atoms with Crippen molar-refractivity contribution in [2.75, 3.05) is 39.8 Å². The van der Waals surface area contributed by atoms with Gasteiger partial charge >= 0.3 is 0 Å². The van der Waals surface area contributed by atoms with Crippen LogP contribution in [0.4, 0.5) is 0 Å². The van der Waals surface area contributed by atoms with Gasteiger partial charge in [-0.25, -0.2) is 0 Å². The maximum Gasteiger partial charge on any atom is 0.0443 e. The lowest BCUT2D eigenvalue weighted by Crippen LogP contribution is -2.40. The minimum absolute atomic E-state index is 0.322. The molecule has 0 saturated carbocycles. The van der Waals surface area contributed by atoms with E-state index in [9.17, 15) is 0 Å². The van der Waals surface area contributed by atoms with E-state index in [1.54, 1.807) is 0 Å². The van der Waals surface area contributed by atoms with Crippen LogP contribution >= 0.6 is 0 Å². The summed E-state index contributed by atoms with van der Waals surface area (Å²) in [4.78, 5) is 4.97. The minimum Gasteiger partial charge on any atom is -0.396 e. The van der Waals surface area contributed by atoms with Gasteiger partial charge in [0.2, 0.25) is 0 Å². The standard InChI is InChI=1S/C11H24N2O/c1-3-11-10-12(2)6-4-7-13(11)8-5-9-14/h11,14H,3-10H2,1-2H3. The zero-order valence-electron chi connectivity index (χ0n) is 9.58. The third-order valence-electron chi connectivity index (χ3n) is 3.10. The molecule has 1 heterocycles. The van der Waals surface area contributed by atoms with Crippen molar-refractivity contribution >= 4 is 0 Å². The molecule has 0 radical (unpaired) electrons. The van der Waals surface area contributed by atoms with Crippen molar-refractivity contribution in [2.24, 2.45) is 0 Å². The van der Waals surface area contributed by atoms with Crippen LogP contribution in [0.15, 0.2) is 0 Å². The number of nitrogens with zero attached hydrogens (tertiary/aromatic N) is 2. The fraction of sp³-hybridized carbons (Fsp3) is 1.00. The maximum atomic E-state index is 8.84. The molecule has 1 aliphatic heterocycles. The van der Waals surface area contributed by atoms with Crippen LogP contribution in [0.1, 0.15) is 26.2 Å². The van der Waals surface area contributed by atoms with E-state index in [1.807, 2.05) is 0 Å². The van der Waals surface area contributed by atoms with Crippen LogP contribution in [-0.2, 0) is 0 Å². The van der Waals surface area contributed by atoms with Crippen molar-refractivity contribution in [3.63, 3.8) is 0 Å². The molecule has 1 atom stereocenters. The van der Waals surface area contributed by atoms with Crippen molar-refractivity contribution in [1.82, 2.24) is 9.80 Å². The molecule has 0 aromatic carbocycles. The summed E-state index contributed by atoms with van der Waals surface area (Å²) in [6.07, 6.45) is 3.40. The number of likely N-dealkylation sites (N-methyl/N-ethyl adjacent to an activating group) is 1. The summed E-state index contributed by atoms with van der Waals surface area (Å²) in [5, 5.41) is 8.84. The summed E-state index contributed by atoms with van der Waals surface area (Å²) >= 11 is 0. The summed E-state index contributed by atoms with van der Waals surface area (Å²) < 4.78 is 0. The first kappa shape index (κ1) is 12.0. The Labute approximate surface area is 87.7 Å². The largest absolute Gasteiger partial charge is 0.396 e. The lowest BCUT2D eigenvalue weighted by atomic mass is 10.2. The van der Waals surface area contributed by atoms with E-state index in [0.717, 1.165) is 13.0 Å². The van der Waals surface area contributed by atoms with Gasteiger partial charge in [0.25, 0.3) is 0 Å². The van der Waals surface area contributed by atoms with Gasteiger partial charge in [0.05, 0.1) is 0 Å². The van der Waals surface area contributed by atoms with E-state index in [4.69, 9.17) is 5.11 Å². The fourth-order valence-electron chi connectivity index (χ4n) is 2.25. The molecule has 0 spiro atoms. The lowest BCUT2D eigenvalue weighted by molar-refractivity contribution is 0.165. The van der Waals surface area contributed by atoms with Crippen molar-refractivity contribution in [3.8, 4) is 0 Å². The number of aliphatic hydroxyl groups is 1. The van der Waals surface area contributed by atoms with Gasteiger partial charge in [-0.3, -0.25) is 4.90 Å². The molecule has 3 heteroatoms. The normalized spacial score (nSPS) is 26.4. The SMILES string of the molecule is CCC1CN(C)CCCN1CCCO. The Balaban J connectivity index is 2.43. The van der Waals surface area contributed by atoms with Gasteiger partial charge in [-0.15, -0.1) is 0 Å². The number of hydrogen-bond donors (Lipinski definition) is 1. The minimum atomic E-state index is 0.322. The van der Waals surface area contributed by atoms with Crippen molar-refractivity contribution in [2.45, 2.75) is 32.2 Å². The molecule has 1 rings (SSSR count). The van der Waals surface area contributed by atoms with Gasteiger partial charge in [-0.05, 0) is 39.4 Å². The zero-order valence-corrected chi connectivity index (χ0v) is 9.58. The highest BCUT2D eigenvalue weighted by Gasteiger charge is 2.20. The second-order valence-corrected chi connectivity index (χ2v) is 4.29. The third-order valence-corrected chi connectivity index (χ3v) is 3.10. The Kier molecular flexibility index (Phi) is 5.45. The fourth-order valence-corrected chi connectivity index (χ4v) is 2.25. The van der Waals surface area contributed by atoms with Crippen LogP contribution in [0.5, 0.6) is 0 Å². The first-order valence-electron chi connectivity index (χ1n) is 5.81. The predicted octanol–water partition coefficient (Wildman–Crippen LogP) is 0.785. The first-order chi connectivity index (χ1) is 6.77. The highest BCUT2D eigenvalue weighted by Crippen LogP contribution is 2.11. The Morgan fingerprint density at radius 3 is 2.79 bits per heavy atom. The van der Waals surface area contributed by atoms with Crippen LogP contribution < -0.4 is 0 Å². The topological polar surface area (TPSA) is 26.7 Å². The van der Waals surface area contributed by atoms with Crippen LogP contribution in [0.25, 0.3) is 0 Å². The van der Waals surface area contributed by atoms with Crippen molar-refractivity contribution in [1.29, 1.82) is 0 Å². The lowest BCUT2D eigenvalue weighted by Gasteiger charge is -2.29. The molecular formula is C11H24N2O. The predicted molar refractivity (Wildman–Crippen MR) is 59.5 cm³/mol. The van der Waals surface area contributed by atoms with E-state index in [0.29, 0.717) is 12.6 Å². The number of rotatable bonds is 4. The number of aliphatic hydroxyl groups excluding tert-OH is 1. The van der Waals surface area contributed by atoms with E-state index >= 15 is 0 Å². The van der Waals surface area contributed by atoms with Crippen LogP contribution in [0, 0.1) is 0 Å². The molecule has 14 heavy (non-hydrogen) atoms. The van der Waals surface area contributed by atoms with Gasteiger partial charge in [0.1, 0.15) is 0 Å². The van der Waals surface area contributed by atoms with Gasteiger partial charge in [0, 0.05) is 25.7 Å². The summed E-state index contributed by atoms with van der Waals surface area (Å²) in [6, 6.07) is 0.689. The molecule has 84 valence electrons.